The van der Waals surface area contributed by atoms with Crippen LogP contribution in [-0.2, 0) is 4.79 Å². The van der Waals surface area contributed by atoms with Gasteiger partial charge in [-0.15, -0.1) is 0 Å². The molecule has 0 aliphatic heterocycles. The van der Waals surface area contributed by atoms with Gasteiger partial charge in [-0.25, -0.2) is 0 Å². The zero-order valence-corrected chi connectivity index (χ0v) is 24.3. The van der Waals surface area contributed by atoms with Crippen molar-refractivity contribution in [2.24, 2.45) is 52.3 Å². The van der Waals surface area contributed by atoms with E-state index in [4.69, 9.17) is 0 Å². The molecule has 0 aromatic heterocycles. The van der Waals surface area contributed by atoms with Gasteiger partial charge in [0.25, 0.3) is 0 Å². The van der Waals surface area contributed by atoms with E-state index in [0.717, 1.165) is 44.4 Å². The highest BCUT2D eigenvalue weighted by atomic mass is 16.3. The lowest BCUT2D eigenvalue weighted by Crippen LogP contribution is -2.58. The number of carbonyl (C=O) groups excluding carboxylic acids is 1. The molecule has 4 heteroatoms. The van der Waals surface area contributed by atoms with Crippen LogP contribution in [0.25, 0.3) is 0 Å². The van der Waals surface area contributed by atoms with Crippen molar-refractivity contribution in [1.29, 1.82) is 0 Å². The molecule has 1 unspecified atom stereocenters. The molecule has 0 aromatic rings. The summed E-state index contributed by atoms with van der Waals surface area (Å²) in [5.74, 6) is 4.28. The van der Waals surface area contributed by atoms with E-state index in [0.29, 0.717) is 47.3 Å². The highest BCUT2D eigenvalue weighted by Gasteiger charge is 2.62. The van der Waals surface area contributed by atoms with E-state index in [2.05, 4.69) is 46.9 Å². The summed E-state index contributed by atoms with van der Waals surface area (Å²) in [5.41, 5.74) is 0.581. The normalized spacial score (nSPS) is 43.9. The molecule has 0 spiro atoms. The summed E-state index contributed by atoms with van der Waals surface area (Å²) in [5, 5.41) is 25.0. The minimum Gasteiger partial charge on any atom is -0.393 e. The standard InChI is InChI=1S/C32H57NO3/c1-20(2)8-7-9-22(4)33-29(36)13-10-21(3)25-11-12-26-30-27(15-17-32(25,26)6)31(5)16-14-24(34)18-23(31)19-28(30)35/h20-28,30,34-35H,7-19H2,1-6H3,(H,33,36)/t21-,22?,23+,24-,25-,26+,27+,28+,30+,31+,32-/m1/s1. The Morgan fingerprint density at radius 3 is 2.31 bits per heavy atom. The van der Waals surface area contributed by atoms with E-state index < -0.39 is 0 Å². The van der Waals surface area contributed by atoms with Crippen LogP contribution in [-0.4, -0.2) is 34.4 Å². The van der Waals surface area contributed by atoms with Crippen molar-refractivity contribution < 1.29 is 15.0 Å². The molecule has 0 radical (unpaired) electrons. The molecule has 0 bridgehead atoms. The monoisotopic (exact) mass is 503 g/mol. The van der Waals surface area contributed by atoms with Crippen molar-refractivity contribution in [3.8, 4) is 0 Å². The second-order valence-corrected chi connectivity index (χ2v) is 14.8. The van der Waals surface area contributed by atoms with Crippen molar-refractivity contribution >= 4 is 5.91 Å². The summed E-state index contributed by atoms with van der Waals surface area (Å²) in [6, 6.07) is 0.272. The van der Waals surface area contributed by atoms with E-state index in [-0.39, 0.29) is 29.6 Å². The Balaban J connectivity index is 1.34. The third-order valence-electron chi connectivity index (χ3n) is 12.1. The van der Waals surface area contributed by atoms with Crippen LogP contribution in [0.5, 0.6) is 0 Å². The maximum atomic E-state index is 12.7. The molecule has 11 atom stereocenters. The molecule has 4 rings (SSSR count). The van der Waals surface area contributed by atoms with Gasteiger partial charge < -0.3 is 15.5 Å². The zero-order valence-electron chi connectivity index (χ0n) is 24.3. The number of amides is 1. The summed E-state index contributed by atoms with van der Waals surface area (Å²) in [4.78, 5) is 12.7. The van der Waals surface area contributed by atoms with E-state index in [1.165, 1.54) is 38.5 Å². The third kappa shape index (κ3) is 5.56. The molecule has 4 nitrogen and oxygen atoms in total. The van der Waals surface area contributed by atoms with E-state index in [1.54, 1.807) is 0 Å². The molecule has 208 valence electrons. The van der Waals surface area contributed by atoms with Crippen LogP contribution in [0.2, 0.25) is 0 Å². The molecule has 36 heavy (non-hydrogen) atoms. The molecule has 4 fully saturated rings. The first-order chi connectivity index (χ1) is 17.0. The van der Waals surface area contributed by atoms with Crippen molar-refractivity contribution in [1.82, 2.24) is 5.32 Å². The number of hydrogen-bond donors (Lipinski definition) is 3. The van der Waals surface area contributed by atoms with Gasteiger partial charge in [-0.3, -0.25) is 4.79 Å². The Hall–Kier alpha value is -0.610. The van der Waals surface area contributed by atoms with Crippen molar-refractivity contribution in [3.63, 3.8) is 0 Å². The molecule has 0 saturated heterocycles. The average Bonchev–Trinajstić information content (AvgIpc) is 3.15. The molecule has 4 aliphatic carbocycles. The molecule has 4 aliphatic rings. The maximum Gasteiger partial charge on any atom is 0.220 e. The lowest BCUT2D eigenvalue weighted by atomic mass is 9.43. The van der Waals surface area contributed by atoms with Crippen LogP contribution >= 0.6 is 0 Å². The van der Waals surface area contributed by atoms with Gasteiger partial charge in [0.2, 0.25) is 5.91 Å². The third-order valence-corrected chi connectivity index (χ3v) is 12.1. The van der Waals surface area contributed by atoms with Crippen LogP contribution in [0.15, 0.2) is 0 Å². The number of aliphatic hydroxyl groups excluding tert-OH is 2. The first kappa shape index (κ1) is 28.4. The first-order valence-electron chi connectivity index (χ1n) is 15.6. The van der Waals surface area contributed by atoms with Crippen molar-refractivity contribution in [2.45, 2.75) is 143 Å². The first-order valence-corrected chi connectivity index (χ1v) is 15.6. The van der Waals surface area contributed by atoms with Crippen LogP contribution in [0.3, 0.4) is 0 Å². The predicted molar refractivity (Wildman–Crippen MR) is 147 cm³/mol. The van der Waals surface area contributed by atoms with Crippen molar-refractivity contribution in [2.75, 3.05) is 0 Å². The Morgan fingerprint density at radius 1 is 0.889 bits per heavy atom. The molecule has 3 N–H and O–H groups in total. The second-order valence-electron chi connectivity index (χ2n) is 14.8. The maximum absolute atomic E-state index is 12.7. The number of hydrogen-bond acceptors (Lipinski definition) is 3. The zero-order chi connectivity index (χ0) is 26.3. The van der Waals surface area contributed by atoms with Gasteiger partial charge in [-0.1, -0.05) is 47.5 Å². The fourth-order valence-corrected chi connectivity index (χ4v) is 9.99. The second kappa shape index (κ2) is 11.2. The largest absolute Gasteiger partial charge is 0.393 e. The van der Waals surface area contributed by atoms with E-state index in [9.17, 15) is 15.0 Å². The number of rotatable bonds is 9. The lowest BCUT2D eigenvalue weighted by molar-refractivity contribution is -0.174. The SMILES string of the molecule is CC(C)CCCC(C)NC(=O)CC[C@@H](C)[C@H]1CC[C@H]2[C@@H]3[C@@H](O)C[C@@H]4C[C@H](O)CC[C@]4(C)[C@H]3CC[C@]12C. The smallest absolute Gasteiger partial charge is 0.220 e. The van der Waals surface area contributed by atoms with E-state index >= 15 is 0 Å². The lowest BCUT2D eigenvalue weighted by Gasteiger charge is -2.62. The predicted octanol–water partition coefficient (Wildman–Crippen LogP) is 6.72. The number of aliphatic hydroxyl groups is 2. The van der Waals surface area contributed by atoms with Gasteiger partial charge in [0.05, 0.1) is 12.2 Å². The average molecular weight is 504 g/mol. The minimum absolute atomic E-state index is 0.169. The van der Waals surface area contributed by atoms with Crippen LogP contribution < -0.4 is 5.32 Å². The van der Waals surface area contributed by atoms with Gasteiger partial charge in [-0.05, 0) is 123 Å². The highest BCUT2D eigenvalue weighted by molar-refractivity contribution is 5.76. The van der Waals surface area contributed by atoms with Crippen LogP contribution in [0.1, 0.15) is 125 Å². The molecular formula is C32H57NO3. The summed E-state index contributed by atoms with van der Waals surface area (Å²) >= 11 is 0. The molecule has 0 aromatic carbocycles. The quantitative estimate of drug-likeness (QED) is 0.327. The molecular weight excluding hydrogens is 446 g/mol. The Bertz CT molecular complexity index is 754. The summed E-state index contributed by atoms with van der Waals surface area (Å²) in [7, 11) is 0. The Kier molecular flexibility index (Phi) is 8.87. The Labute approximate surface area is 221 Å². The fraction of sp³-hybridized carbons (Fsp3) is 0.969. The van der Waals surface area contributed by atoms with Crippen LogP contribution in [0, 0.1) is 52.3 Å². The van der Waals surface area contributed by atoms with Gasteiger partial charge in [-0.2, -0.15) is 0 Å². The fourth-order valence-electron chi connectivity index (χ4n) is 9.99. The number of nitrogens with one attached hydrogen (secondary N) is 1. The van der Waals surface area contributed by atoms with Crippen molar-refractivity contribution in [3.05, 3.63) is 0 Å². The number of fused-ring (bicyclic) bond motifs is 5. The van der Waals surface area contributed by atoms with Gasteiger partial charge >= 0.3 is 0 Å². The van der Waals surface area contributed by atoms with Gasteiger partial charge in [0, 0.05) is 12.5 Å². The minimum atomic E-state index is -0.208. The molecule has 1 amide bonds. The topological polar surface area (TPSA) is 69.6 Å². The molecule has 0 heterocycles. The summed E-state index contributed by atoms with van der Waals surface area (Å²) in [6.07, 6.45) is 13.6. The molecule has 4 saturated carbocycles. The van der Waals surface area contributed by atoms with Gasteiger partial charge in [0.15, 0.2) is 0 Å². The van der Waals surface area contributed by atoms with Crippen LogP contribution in [0.4, 0.5) is 0 Å². The van der Waals surface area contributed by atoms with E-state index in [1.807, 2.05) is 0 Å². The summed E-state index contributed by atoms with van der Waals surface area (Å²) in [6.45, 7) is 14.1. The summed E-state index contributed by atoms with van der Waals surface area (Å²) < 4.78 is 0. The highest BCUT2D eigenvalue weighted by Crippen LogP contribution is 2.68. The Morgan fingerprint density at radius 2 is 1.58 bits per heavy atom. The van der Waals surface area contributed by atoms with Gasteiger partial charge in [0.1, 0.15) is 0 Å². The number of carbonyl (C=O) groups is 1.